The Balaban J connectivity index is 2.16. The van der Waals surface area contributed by atoms with Crippen LogP contribution in [0.1, 0.15) is 65.0 Å². The van der Waals surface area contributed by atoms with Crippen LogP contribution in [0.2, 0.25) is 0 Å². The number of aliphatic hydroxyl groups is 1. The van der Waals surface area contributed by atoms with Crippen molar-refractivity contribution in [3.8, 4) is 5.75 Å². The second-order valence-electron chi connectivity index (χ2n) is 13.2. The highest BCUT2D eigenvalue weighted by Crippen LogP contribution is 2.45. The number of rotatable bonds is 16. The number of ether oxygens (including phenoxy) is 1. The standard InChI is InChI=1S/C37H52N4O5/c1-7-17-41(18-8-2)35(45)37(22-28(33(38)43)21-29(23-37)40-34(44)36(3,4)5)31(20-26-13-10-9-11-14-26)32(42)25-39-24-27-15-12-16-30(19-27)46-6/h9-16,19,21,23,31-32,39,42H,7-8,17-18,20,22,24-25H2,1-6H3,(H2,38,43)(H,40,44)/t31-,32+,37?/m1/s1. The summed E-state index contributed by atoms with van der Waals surface area (Å²) in [6.45, 7) is 11.1. The topological polar surface area (TPSA) is 134 Å². The monoisotopic (exact) mass is 632 g/mol. The second kappa shape index (κ2) is 16.6. The average molecular weight is 633 g/mol. The third-order valence-electron chi connectivity index (χ3n) is 8.40. The van der Waals surface area contributed by atoms with Crippen molar-refractivity contribution in [2.75, 3.05) is 26.7 Å². The number of carbonyl (C=O) groups is 3. The number of nitrogens with zero attached hydrogens (tertiary/aromatic N) is 1. The van der Waals surface area contributed by atoms with Crippen molar-refractivity contribution < 1.29 is 24.2 Å². The van der Waals surface area contributed by atoms with Crippen LogP contribution in [-0.4, -0.2) is 60.6 Å². The number of carbonyl (C=O) groups excluding carboxylic acids is 3. The van der Waals surface area contributed by atoms with Crippen molar-refractivity contribution in [1.82, 2.24) is 15.5 Å². The van der Waals surface area contributed by atoms with Gasteiger partial charge in [0.1, 0.15) is 5.75 Å². The van der Waals surface area contributed by atoms with Crippen LogP contribution in [0.4, 0.5) is 0 Å². The zero-order valence-electron chi connectivity index (χ0n) is 28.3. The molecule has 0 aromatic heterocycles. The number of amides is 3. The predicted molar refractivity (Wildman–Crippen MR) is 182 cm³/mol. The summed E-state index contributed by atoms with van der Waals surface area (Å²) in [4.78, 5) is 42.8. The second-order valence-corrected chi connectivity index (χ2v) is 13.2. The molecule has 1 aliphatic rings. The molecule has 9 heteroatoms. The molecule has 1 unspecified atom stereocenters. The van der Waals surface area contributed by atoms with E-state index in [0.717, 1.165) is 29.7 Å². The van der Waals surface area contributed by atoms with Gasteiger partial charge in [0.15, 0.2) is 0 Å². The Labute approximate surface area is 274 Å². The Morgan fingerprint density at radius 2 is 1.67 bits per heavy atom. The summed E-state index contributed by atoms with van der Waals surface area (Å²) >= 11 is 0. The molecular weight excluding hydrogens is 580 g/mol. The van der Waals surface area contributed by atoms with Crippen LogP contribution in [0.5, 0.6) is 5.75 Å². The van der Waals surface area contributed by atoms with E-state index in [4.69, 9.17) is 10.5 Å². The van der Waals surface area contributed by atoms with E-state index in [0.29, 0.717) is 31.8 Å². The summed E-state index contributed by atoms with van der Waals surface area (Å²) in [6, 6.07) is 17.4. The number of nitrogens with two attached hydrogens (primary N) is 1. The molecule has 0 bridgehead atoms. The molecule has 0 saturated heterocycles. The van der Waals surface area contributed by atoms with Gasteiger partial charge in [0.2, 0.25) is 17.7 Å². The minimum atomic E-state index is -1.38. The molecule has 46 heavy (non-hydrogen) atoms. The molecule has 9 nitrogen and oxygen atoms in total. The molecular formula is C37H52N4O5. The maximum atomic E-state index is 14.9. The Morgan fingerprint density at radius 3 is 2.26 bits per heavy atom. The normalized spacial score (nSPS) is 17.7. The zero-order valence-corrected chi connectivity index (χ0v) is 28.3. The Kier molecular flexibility index (Phi) is 13.1. The minimum absolute atomic E-state index is 0.00439. The van der Waals surface area contributed by atoms with Crippen molar-refractivity contribution in [2.24, 2.45) is 22.5 Å². The Hall–Kier alpha value is -3.95. The van der Waals surface area contributed by atoms with Gasteiger partial charge >= 0.3 is 0 Å². The van der Waals surface area contributed by atoms with Crippen LogP contribution < -0.4 is 21.1 Å². The van der Waals surface area contributed by atoms with Crippen molar-refractivity contribution in [2.45, 2.75) is 73.0 Å². The maximum Gasteiger partial charge on any atom is 0.244 e. The molecule has 2 aromatic carbocycles. The number of methoxy groups -OCH3 is 1. The molecule has 3 amide bonds. The molecule has 3 atom stereocenters. The largest absolute Gasteiger partial charge is 0.497 e. The van der Waals surface area contributed by atoms with Gasteiger partial charge in [0, 0.05) is 48.8 Å². The van der Waals surface area contributed by atoms with Gasteiger partial charge in [-0.2, -0.15) is 0 Å². The van der Waals surface area contributed by atoms with Gasteiger partial charge in [-0.1, -0.05) is 77.1 Å². The molecule has 0 spiro atoms. The number of aliphatic hydroxyl groups excluding tert-OH is 1. The van der Waals surface area contributed by atoms with Crippen LogP contribution in [0.3, 0.4) is 0 Å². The Morgan fingerprint density at radius 1 is 1.02 bits per heavy atom. The lowest BCUT2D eigenvalue weighted by atomic mass is 9.63. The van der Waals surface area contributed by atoms with E-state index in [1.807, 2.05) is 73.3 Å². The number of allylic oxidation sites excluding steroid dienone is 1. The van der Waals surface area contributed by atoms with Gasteiger partial charge in [-0.3, -0.25) is 14.4 Å². The third-order valence-corrected chi connectivity index (χ3v) is 8.40. The average Bonchev–Trinajstić information content (AvgIpc) is 3.03. The van der Waals surface area contributed by atoms with Gasteiger partial charge in [-0.15, -0.1) is 0 Å². The highest BCUT2D eigenvalue weighted by molar-refractivity contribution is 5.96. The number of hydrogen-bond acceptors (Lipinski definition) is 6. The van der Waals surface area contributed by atoms with Gasteiger partial charge in [-0.05, 0) is 61.1 Å². The quantitative estimate of drug-likeness (QED) is 0.215. The smallest absolute Gasteiger partial charge is 0.244 e. The summed E-state index contributed by atoms with van der Waals surface area (Å²) in [5, 5.41) is 18.4. The molecule has 5 N–H and O–H groups in total. The molecule has 3 rings (SSSR count). The van der Waals surface area contributed by atoms with Gasteiger partial charge < -0.3 is 31.1 Å². The van der Waals surface area contributed by atoms with Crippen molar-refractivity contribution in [3.05, 3.63) is 89.1 Å². The highest BCUT2D eigenvalue weighted by Gasteiger charge is 2.51. The first-order chi connectivity index (χ1) is 21.8. The molecule has 0 radical (unpaired) electrons. The maximum absolute atomic E-state index is 14.9. The number of benzene rings is 2. The predicted octanol–water partition coefficient (Wildman–Crippen LogP) is 4.50. The van der Waals surface area contributed by atoms with Crippen LogP contribution in [0.25, 0.3) is 0 Å². The zero-order chi connectivity index (χ0) is 33.9. The molecule has 0 aliphatic heterocycles. The van der Waals surface area contributed by atoms with E-state index in [-0.39, 0.29) is 30.4 Å². The van der Waals surface area contributed by atoms with Crippen molar-refractivity contribution in [1.29, 1.82) is 0 Å². The SMILES string of the molecule is CCCN(CCC)C(=O)C1([C@H](Cc2ccccc2)[C@@H](O)CNCc2cccc(OC)c2)C=C(NC(=O)C(C)(C)C)C=C(C(N)=O)C1. The molecule has 2 aromatic rings. The van der Waals surface area contributed by atoms with Gasteiger partial charge in [0.25, 0.3) is 0 Å². The van der Waals surface area contributed by atoms with Gasteiger partial charge in [0.05, 0.1) is 18.6 Å². The fourth-order valence-corrected chi connectivity index (χ4v) is 5.97. The highest BCUT2D eigenvalue weighted by atomic mass is 16.5. The van der Waals surface area contributed by atoms with Crippen LogP contribution in [0.15, 0.2) is 78.0 Å². The first kappa shape index (κ1) is 36.5. The van der Waals surface area contributed by atoms with Crippen LogP contribution >= 0.6 is 0 Å². The van der Waals surface area contributed by atoms with Gasteiger partial charge in [-0.25, -0.2) is 0 Å². The van der Waals surface area contributed by atoms with E-state index < -0.39 is 28.8 Å². The van der Waals surface area contributed by atoms with Crippen molar-refractivity contribution in [3.63, 3.8) is 0 Å². The Bertz CT molecular complexity index is 1390. The number of hydrogen-bond donors (Lipinski definition) is 4. The lowest BCUT2D eigenvalue weighted by Gasteiger charge is -2.45. The van der Waals surface area contributed by atoms with E-state index in [1.54, 1.807) is 40.0 Å². The third kappa shape index (κ3) is 9.53. The fourth-order valence-electron chi connectivity index (χ4n) is 5.97. The van der Waals surface area contributed by atoms with E-state index in [1.165, 1.54) is 0 Å². The van der Waals surface area contributed by atoms with E-state index >= 15 is 0 Å². The van der Waals surface area contributed by atoms with E-state index in [9.17, 15) is 19.5 Å². The molecule has 0 heterocycles. The molecule has 1 aliphatic carbocycles. The summed E-state index contributed by atoms with van der Waals surface area (Å²) in [6.07, 6.45) is 4.16. The fraction of sp³-hybridized carbons (Fsp3) is 0.486. The lowest BCUT2D eigenvalue weighted by molar-refractivity contribution is -0.145. The van der Waals surface area contributed by atoms with E-state index in [2.05, 4.69) is 10.6 Å². The van der Waals surface area contributed by atoms with Crippen LogP contribution in [-0.2, 0) is 27.3 Å². The molecule has 250 valence electrons. The summed E-state index contributed by atoms with van der Waals surface area (Å²) in [7, 11) is 1.62. The lowest BCUT2D eigenvalue weighted by Crippen LogP contribution is -2.54. The van der Waals surface area contributed by atoms with Crippen molar-refractivity contribution >= 4 is 17.7 Å². The molecule has 0 saturated carbocycles. The first-order valence-electron chi connectivity index (χ1n) is 16.2. The molecule has 0 fully saturated rings. The summed E-state index contributed by atoms with van der Waals surface area (Å²) in [5.41, 5.74) is 6.27. The van der Waals surface area contributed by atoms with Crippen LogP contribution in [0, 0.1) is 16.7 Å². The summed E-state index contributed by atoms with van der Waals surface area (Å²) in [5.74, 6) is -1.07. The summed E-state index contributed by atoms with van der Waals surface area (Å²) < 4.78 is 5.36. The first-order valence-corrected chi connectivity index (χ1v) is 16.2. The minimum Gasteiger partial charge on any atom is -0.497 e. The number of primary amides is 1. The number of nitrogens with one attached hydrogen (secondary N) is 2.